The zero-order valence-electron chi connectivity index (χ0n) is 15.3. The van der Waals surface area contributed by atoms with Gasteiger partial charge in [0.25, 0.3) is 5.91 Å². The first kappa shape index (κ1) is 17.9. The van der Waals surface area contributed by atoms with Crippen molar-refractivity contribution in [1.82, 2.24) is 25.3 Å². The predicted molar refractivity (Wildman–Crippen MR) is 95.4 cm³/mol. The lowest BCUT2D eigenvalue weighted by atomic mass is 9.94. The summed E-state index contributed by atoms with van der Waals surface area (Å²) in [5, 5.41) is 10.3. The van der Waals surface area contributed by atoms with Gasteiger partial charge >= 0.3 is 0 Å². The first-order chi connectivity index (χ1) is 12.0. The van der Waals surface area contributed by atoms with Crippen molar-refractivity contribution in [2.45, 2.75) is 50.5 Å². The fraction of sp³-hybridized carbons (Fsp3) is 0.722. The van der Waals surface area contributed by atoms with Crippen LogP contribution in [-0.2, 0) is 4.79 Å². The maximum atomic E-state index is 12.3. The van der Waals surface area contributed by atoms with E-state index in [1.165, 1.54) is 12.8 Å². The minimum Gasteiger partial charge on any atom is -0.348 e. The Kier molecular flexibility index (Phi) is 5.73. The summed E-state index contributed by atoms with van der Waals surface area (Å²) in [6.07, 6.45) is 6.63. The Hall–Kier alpha value is -1.89. The van der Waals surface area contributed by atoms with E-state index in [2.05, 4.69) is 20.4 Å². The molecular weight excluding hydrogens is 318 g/mol. The van der Waals surface area contributed by atoms with Crippen LogP contribution in [0.5, 0.6) is 0 Å². The molecule has 25 heavy (non-hydrogen) atoms. The van der Waals surface area contributed by atoms with Crippen LogP contribution < -0.4 is 5.32 Å². The highest BCUT2D eigenvalue weighted by Crippen LogP contribution is 2.26. The van der Waals surface area contributed by atoms with Crippen LogP contribution in [0.3, 0.4) is 0 Å². The maximum absolute atomic E-state index is 12.3. The molecule has 0 aromatic carbocycles. The molecule has 2 amide bonds. The second-order valence-corrected chi connectivity index (χ2v) is 7.53. The van der Waals surface area contributed by atoms with Gasteiger partial charge in [-0.3, -0.25) is 19.6 Å². The summed E-state index contributed by atoms with van der Waals surface area (Å²) in [4.78, 5) is 28.1. The van der Waals surface area contributed by atoms with Crippen molar-refractivity contribution < 1.29 is 9.59 Å². The van der Waals surface area contributed by atoms with Gasteiger partial charge in [0.05, 0.1) is 6.54 Å². The number of likely N-dealkylation sites (N-methyl/N-ethyl adjacent to an activating group) is 1. The SMILES string of the molecule is CN(C)C(=O)CN1CCCC(c2cc(C(=O)NC3CCCC3)n[nH]2)C1. The monoisotopic (exact) mass is 347 g/mol. The van der Waals surface area contributed by atoms with Gasteiger partial charge in [0.15, 0.2) is 0 Å². The highest BCUT2D eigenvalue weighted by molar-refractivity contribution is 5.92. The molecule has 1 saturated heterocycles. The third-order valence-electron chi connectivity index (χ3n) is 5.32. The average Bonchev–Trinajstić information content (AvgIpc) is 3.26. The third-order valence-corrected chi connectivity index (χ3v) is 5.32. The van der Waals surface area contributed by atoms with E-state index in [4.69, 9.17) is 0 Å². The van der Waals surface area contributed by atoms with Crippen LogP contribution in [0, 0.1) is 0 Å². The zero-order valence-corrected chi connectivity index (χ0v) is 15.3. The first-order valence-electron chi connectivity index (χ1n) is 9.31. The van der Waals surface area contributed by atoms with Crippen LogP contribution in [0.1, 0.15) is 60.6 Å². The molecule has 0 radical (unpaired) electrons. The molecule has 1 saturated carbocycles. The maximum Gasteiger partial charge on any atom is 0.271 e. The lowest BCUT2D eigenvalue weighted by Crippen LogP contribution is -2.41. The van der Waals surface area contributed by atoms with Crippen molar-refractivity contribution in [2.75, 3.05) is 33.7 Å². The summed E-state index contributed by atoms with van der Waals surface area (Å²) in [5.41, 5.74) is 1.47. The number of likely N-dealkylation sites (tertiary alicyclic amines) is 1. The Morgan fingerprint density at radius 1 is 1.28 bits per heavy atom. The molecule has 0 spiro atoms. The Bertz CT molecular complexity index is 606. The number of hydrogen-bond acceptors (Lipinski definition) is 4. The number of carbonyl (C=O) groups is 2. The number of nitrogens with one attached hydrogen (secondary N) is 2. The number of hydrogen-bond donors (Lipinski definition) is 2. The molecule has 1 aliphatic carbocycles. The second kappa shape index (κ2) is 7.99. The molecule has 138 valence electrons. The first-order valence-corrected chi connectivity index (χ1v) is 9.31. The fourth-order valence-corrected chi connectivity index (χ4v) is 3.78. The molecule has 2 N–H and O–H groups in total. The van der Waals surface area contributed by atoms with Crippen molar-refractivity contribution in [2.24, 2.45) is 0 Å². The lowest BCUT2D eigenvalue weighted by Gasteiger charge is -2.32. The van der Waals surface area contributed by atoms with E-state index in [1.54, 1.807) is 19.0 Å². The number of nitrogens with zero attached hydrogens (tertiary/aromatic N) is 3. The summed E-state index contributed by atoms with van der Waals surface area (Å²) in [6, 6.07) is 2.18. The number of carbonyl (C=O) groups excluding carboxylic acids is 2. The summed E-state index contributed by atoms with van der Waals surface area (Å²) >= 11 is 0. The normalized spacial score (nSPS) is 22.1. The van der Waals surface area contributed by atoms with Crippen molar-refractivity contribution in [1.29, 1.82) is 0 Å². The molecule has 1 aromatic heterocycles. The Morgan fingerprint density at radius 2 is 2.04 bits per heavy atom. The number of H-pyrrole nitrogens is 1. The molecule has 1 aromatic rings. The van der Waals surface area contributed by atoms with E-state index >= 15 is 0 Å². The van der Waals surface area contributed by atoms with Crippen LogP contribution in [0.2, 0.25) is 0 Å². The number of amides is 2. The molecule has 7 heteroatoms. The standard InChI is InChI=1S/C18H29N5O2/c1-22(2)17(24)12-23-9-5-6-13(11-23)15-10-16(21-20-15)18(25)19-14-7-3-4-8-14/h10,13-14H,3-9,11-12H2,1-2H3,(H,19,25)(H,20,21). The topological polar surface area (TPSA) is 81.3 Å². The number of rotatable bonds is 5. The van der Waals surface area contributed by atoms with Crippen LogP contribution in [0.15, 0.2) is 6.07 Å². The molecule has 2 heterocycles. The van der Waals surface area contributed by atoms with Gasteiger partial charge < -0.3 is 10.2 Å². The van der Waals surface area contributed by atoms with Gasteiger partial charge in [0.2, 0.25) is 5.91 Å². The van der Waals surface area contributed by atoms with Gasteiger partial charge in [0.1, 0.15) is 5.69 Å². The molecule has 2 aliphatic rings. The lowest BCUT2D eigenvalue weighted by molar-refractivity contribution is -0.130. The second-order valence-electron chi connectivity index (χ2n) is 7.53. The van der Waals surface area contributed by atoms with Gasteiger partial charge in [-0.05, 0) is 38.3 Å². The van der Waals surface area contributed by atoms with Gasteiger partial charge in [-0.15, -0.1) is 0 Å². The van der Waals surface area contributed by atoms with E-state index in [0.29, 0.717) is 24.2 Å². The van der Waals surface area contributed by atoms with Crippen molar-refractivity contribution in [3.63, 3.8) is 0 Å². The number of aromatic amines is 1. The molecule has 1 aliphatic heterocycles. The molecular formula is C18H29N5O2. The van der Waals surface area contributed by atoms with Gasteiger partial charge in [-0.2, -0.15) is 5.10 Å². The van der Waals surface area contributed by atoms with Crippen LogP contribution in [0.4, 0.5) is 0 Å². The minimum atomic E-state index is -0.0788. The van der Waals surface area contributed by atoms with Gasteiger partial charge in [0, 0.05) is 38.3 Å². The van der Waals surface area contributed by atoms with Crippen molar-refractivity contribution >= 4 is 11.8 Å². The Morgan fingerprint density at radius 3 is 2.76 bits per heavy atom. The highest BCUT2D eigenvalue weighted by Gasteiger charge is 2.26. The summed E-state index contributed by atoms with van der Waals surface area (Å²) in [5.74, 6) is 0.344. The molecule has 2 fully saturated rings. The van der Waals surface area contributed by atoms with Gasteiger partial charge in [-0.1, -0.05) is 12.8 Å². The van der Waals surface area contributed by atoms with Crippen molar-refractivity contribution in [3.05, 3.63) is 17.5 Å². The van der Waals surface area contributed by atoms with Crippen LogP contribution in [0.25, 0.3) is 0 Å². The predicted octanol–water partition coefficient (Wildman–Crippen LogP) is 1.35. The molecule has 1 unspecified atom stereocenters. The molecule has 7 nitrogen and oxygen atoms in total. The van der Waals surface area contributed by atoms with E-state index in [1.807, 2.05) is 6.07 Å². The van der Waals surface area contributed by atoms with Crippen molar-refractivity contribution in [3.8, 4) is 0 Å². The molecule has 3 rings (SSSR count). The van der Waals surface area contributed by atoms with Gasteiger partial charge in [-0.25, -0.2) is 0 Å². The molecule has 0 bridgehead atoms. The van der Waals surface area contributed by atoms with E-state index in [0.717, 1.165) is 44.5 Å². The summed E-state index contributed by atoms with van der Waals surface area (Å²) in [6.45, 7) is 2.22. The number of piperidine rings is 1. The number of aromatic nitrogens is 2. The summed E-state index contributed by atoms with van der Waals surface area (Å²) < 4.78 is 0. The minimum absolute atomic E-state index is 0.0788. The highest BCUT2D eigenvalue weighted by atomic mass is 16.2. The largest absolute Gasteiger partial charge is 0.348 e. The molecule has 1 atom stereocenters. The quantitative estimate of drug-likeness (QED) is 0.842. The average molecular weight is 347 g/mol. The Labute approximate surface area is 149 Å². The fourth-order valence-electron chi connectivity index (χ4n) is 3.78. The van der Waals surface area contributed by atoms with E-state index < -0.39 is 0 Å². The zero-order chi connectivity index (χ0) is 17.8. The van der Waals surface area contributed by atoms with Crippen LogP contribution in [-0.4, -0.2) is 71.6 Å². The third kappa shape index (κ3) is 4.60. The van der Waals surface area contributed by atoms with E-state index in [-0.39, 0.29) is 11.8 Å². The van der Waals surface area contributed by atoms with E-state index in [9.17, 15) is 9.59 Å². The smallest absolute Gasteiger partial charge is 0.271 e. The summed E-state index contributed by atoms with van der Waals surface area (Å²) in [7, 11) is 3.57. The Balaban J connectivity index is 1.57. The van der Waals surface area contributed by atoms with Crippen LogP contribution >= 0.6 is 0 Å².